The first-order valence-electron chi connectivity index (χ1n) is 5.68. The van der Waals surface area contributed by atoms with E-state index in [2.05, 4.69) is 5.32 Å². The Morgan fingerprint density at radius 2 is 2.33 bits per heavy atom. The normalized spacial score (nSPS) is 15.8. The lowest BCUT2D eigenvalue weighted by Crippen LogP contribution is -2.19. The molecule has 1 aliphatic rings. The molecule has 1 aromatic heterocycles. The van der Waals surface area contributed by atoms with Crippen LogP contribution in [-0.4, -0.2) is 19.8 Å². The summed E-state index contributed by atoms with van der Waals surface area (Å²) in [5.74, 6) is 2.82. The molecule has 3 heteroatoms. The lowest BCUT2D eigenvalue weighted by atomic mass is 10.4. The van der Waals surface area contributed by atoms with Gasteiger partial charge in [0.1, 0.15) is 11.5 Å². The molecule has 0 unspecified atom stereocenters. The van der Waals surface area contributed by atoms with Gasteiger partial charge in [0.05, 0.1) is 13.2 Å². The monoisotopic (exact) mass is 209 g/mol. The molecule has 0 spiro atoms. The van der Waals surface area contributed by atoms with E-state index in [9.17, 15) is 0 Å². The Kier molecular flexibility index (Phi) is 3.80. The van der Waals surface area contributed by atoms with Gasteiger partial charge in [0.15, 0.2) is 0 Å². The molecular weight excluding hydrogens is 190 g/mol. The molecule has 0 amide bonds. The maximum Gasteiger partial charge on any atom is 0.117 e. The van der Waals surface area contributed by atoms with E-state index in [-0.39, 0.29) is 0 Å². The van der Waals surface area contributed by atoms with Crippen LogP contribution in [0.2, 0.25) is 0 Å². The van der Waals surface area contributed by atoms with Gasteiger partial charge in [-0.15, -0.1) is 0 Å². The Morgan fingerprint density at radius 3 is 3.00 bits per heavy atom. The van der Waals surface area contributed by atoms with E-state index in [0.717, 1.165) is 43.7 Å². The van der Waals surface area contributed by atoms with Crippen molar-refractivity contribution in [3.63, 3.8) is 0 Å². The van der Waals surface area contributed by atoms with E-state index >= 15 is 0 Å². The first kappa shape index (κ1) is 10.7. The predicted octanol–water partition coefficient (Wildman–Crippen LogP) is 2.10. The van der Waals surface area contributed by atoms with Gasteiger partial charge in [-0.3, -0.25) is 0 Å². The number of aryl methyl sites for hydroxylation is 1. The number of rotatable bonds is 7. The molecule has 1 N–H and O–H groups in total. The van der Waals surface area contributed by atoms with Crippen LogP contribution in [0.3, 0.4) is 0 Å². The van der Waals surface area contributed by atoms with Crippen LogP contribution in [0, 0.1) is 12.8 Å². The molecule has 84 valence electrons. The highest BCUT2D eigenvalue weighted by Gasteiger charge is 2.20. The third kappa shape index (κ3) is 4.06. The van der Waals surface area contributed by atoms with Crippen LogP contribution in [-0.2, 0) is 11.3 Å². The van der Waals surface area contributed by atoms with Crippen LogP contribution >= 0.6 is 0 Å². The summed E-state index contributed by atoms with van der Waals surface area (Å²) < 4.78 is 10.9. The van der Waals surface area contributed by atoms with E-state index in [1.807, 2.05) is 19.1 Å². The van der Waals surface area contributed by atoms with Gasteiger partial charge in [-0.25, -0.2) is 0 Å². The van der Waals surface area contributed by atoms with Crippen molar-refractivity contribution in [2.24, 2.45) is 5.92 Å². The second-order valence-electron chi connectivity index (χ2n) is 4.21. The molecule has 0 saturated heterocycles. The van der Waals surface area contributed by atoms with E-state index in [1.54, 1.807) is 0 Å². The summed E-state index contributed by atoms with van der Waals surface area (Å²) in [5, 5.41) is 3.29. The standard InChI is InChI=1S/C12H19NO2/c1-10-2-5-12(15-10)8-13-6-7-14-9-11-3-4-11/h2,5,11,13H,3-4,6-9H2,1H3. The minimum Gasteiger partial charge on any atom is -0.465 e. The van der Waals surface area contributed by atoms with Crippen molar-refractivity contribution in [1.29, 1.82) is 0 Å². The van der Waals surface area contributed by atoms with Crippen molar-refractivity contribution in [2.45, 2.75) is 26.3 Å². The summed E-state index contributed by atoms with van der Waals surface area (Å²) in [6, 6.07) is 3.99. The summed E-state index contributed by atoms with van der Waals surface area (Å²) >= 11 is 0. The highest BCUT2D eigenvalue weighted by Crippen LogP contribution is 2.28. The minimum atomic E-state index is 0.792. The van der Waals surface area contributed by atoms with Gasteiger partial charge in [0, 0.05) is 13.2 Å². The maximum absolute atomic E-state index is 5.51. The molecule has 0 aliphatic heterocycles. The minimum absolute atomic E-state index is 0.792. The molecule has 1 aliphatic carbocycles. The van der Waals surface area contributed by atoms with Crippen LogP contribution in [0.25, 0.3) is 0 Å². The highest BCUT2D eigenvalue weighted by molar-refractivity contribution is 5.04. The molecule has 0 aromatic carbocycles. The predicted molar refractivity (Wildman–Crippen MR) is 58.7 cm³/mol. The fraction of sp³-hybridized carbons (Fsp3) is 0.667. The van der Waals surface area contributed by atoms with Gasteiger partial charge in [-0.05, 0) is 37.8 Å². The lowest BCUT2D eigenvalue weighted by molar-refractivity contribution is 0.125. The molecule has 0 atom stereocenters. The van der Waals surface area contributed by atoms with E-state index in [1.165, 1.54) is 12.8 Å². The summed E-state index contributed by atoms with van der Waals surface area (Å²) in [7, 11) is 0. The Balaban J connectivity index is 1.47. The zero-order valence-corrected chi connectivity index (χ0v) is 9.29. The Morgan fingerprint density at radius 1 is 1.47 bits per heavy atom. The summed E-state index contributed by atoms with van der Waals surface area (Å²) in [5.41, 5.74) is 0. The zero-order valence-electron chi connectivity index (χ0n) is 9.29. The molecule has 3 nitrogen and oxygen atoms in total. The van der Waals surface area contributed by atoms with Gasteiger partial charge in [0.25, 0.3) is 0 Å². The Labute approximate surface area is 90.8 Å². The van der Waals surface area contributed by atoms with Crippen molar-refractivity contribution in [2.75, 3.05) is 19.8 Å². The van der Waals surface area contributed by atoms with Crippen LogP contribution in [0.5, 0.6) is 0 Å². The van der Waals surface area contributed by atoms with Crippen LogP contribution in [0.4, 0.5) is 0 Å². The summed E-state index contributed by atoms with van der Waals surface area (Å²) in [6.45, 7) is 5.40. The van der Waals surface area contributed by atoms with E-state index in [0.29, 0.717) is 0 Å². The molecule has 1 heterocycles. The van der Waals surface area contributed by atoms with Crippen molar-refractivity contribution >= 4 is 0 Å². The zero-order chi connectivity index (χ0) is 10.5. The van der Waals surface area contributed by atoms with Crippen LogP contribution < -0.4 is 5.32 Å². The fourth-order valence-corrected chi connectivity index (χ4v) is 1.47. The fourth-order valence-electron chi connectivity index (χ4n) is 1.47. The maximum atomic E-state index is 5.51. The van der Waals surface area contributed by atoms with Gasteiger partial charge in [-0.1, -0.05) is 0 Å². The number of furan rings is 1. The quantitative estimate of drug-likeness (QED) is 0.698. The first-order valence-corrected chi connectivity index (χ1v) is 5.68. The average molecular weight is 209 g/mol. The Hall–Kier alpha value is -0.800. The van der Waals surface area contributed by atoms with Crippen LogP contribution in [0.1, 0.15) is 24.4 Å². The molecular formula is C12H19NO2. The highest BCUT2D eigenvalue weighted by atomic mass is 16.5. The number of ether oxygens (including phenoxy) is 1. The molecule has 15 heavy (non-hydrogen) atoms. The smallest absolute Gasteiger partial charge is 0.117 e. The van der Waals surface area contributed by atoms with Gasteiger partial charge < -0.3 is 14.5 Å². The second kappa shape index (κ2) is 5.33. The van der Waals surface area contributed by atoms with Crippen molar-refractivity contribution in [1.82, 2.24) is 5.32 Å². The SMILES string of the molecule is Cc1ccc(CNCCOCC2CC2)o1. The molecule has 1 saturated carbocycles. The van der Waals surface area contributed by atoms with Gasteiger partial charge >= 0.3 is 0 Å². The molecule has 0 radical (unpaired) electrons. The average Bonchev–Trinajstić information content (AvgIpc) is 2.95. The van der Waals surface area contributed by atoms with Crippen LogP contribution in [0.15, 0.2) is 16.5 Å². The number of hydrogen-bond acceptors (Lipinski definition) is 3. The van der Waals surface area contributed by atoms with E-state index in [4.69, 9.17) is 9.15 Å². The topological polar surface area (TPSA) is 34.4 Å². The second-order valence-corrected chi connectivity index (χ2v) is 4.21. The molecule has 1 aromatic rings. The summed E-state index contributed by atoms with van der Waals surface area (Å²) in [6.07, 6.45) is 2.72. The van der Waals surface area contributed by atoms with Gasteiger partial charge in [0.2, 0.25) is 0 Å². The lowest BCUT2D eigenvalue weighted by Gasteiger charge is -2.03. The number of nitrogens with one attached hydrogen (secondary N) is 1. The van der Waals surface area contributed by atoms with E-state index < -0.39 is 0 Å². The van der Waals surface area contributed by atoms with Gasteiger partial charge in [-0.2, -0.15) is 0 Å². The van der Waals surface area contributed by atoms with Crippen molar-refractivity contribution in [3.05, 3.63) is 23.7 Å². The third-order valence-corrected chi connectivity index (χ3v) is 2.57. The largest absolute Gasteiger partial charge is 0.465 e. The number of hydrogen-bond donors (Lipinski definition) is 1. The first-order chi connectivity index (χ1) is 7.34. The third-order valence-electron chi connectivity index (χ3n) is 2.57. The van der Waals surface area contributed by atoms with Crippen molar-refractivity contribution in [3.8, 4) is 0 Å². The molecule has 1 fully saturated rings. The molecule has 0 bridgehead atoms. The Bertz CT molecular complexity index is 292. The van der Waals surface area contributed by atoms with Crippen molar-refractivity contribution < 1.29 is 9.15 Å². The molecule has 2 rings (SSSR count). The summed E-state index contributed by atoms with van der Waals surface area (Å²) in [4.78, 5) is 0.